The number of fused-ring (bicyclic) bond motifs is 3. The fourth-order valence-corrected chi connectivity index (χ4v) is 4.38. The highest BCUT2D eigenvalue weighted by molar-refractivity contribution is 5.93. The number of carboxylic acids is 1. The van der Waals surface area contributed by atoms with E-state index in [1.165, 1.54) is 19.1 Å². The van der Waals surface area contributed by atoms with Crippen LogP contribution in [0.3, 0.4) is 0 Å². The Morgan fingerprint density at radius 2 is 1.66 bits per heavy atom. The fourth-order valence-electron chi connectivity index (χ4n) is 4.38. The molecule has 168 valence electrons. The van der Waals surface area contributed by atoms with Gasteiger partial charge in [-0.3, -0.25) is 4.79 Å². The maximum atomic E-state index is 12.9. The number of likely N-dealkylation sites (N-methyl/N-ethyl adjacent to an activating group) is 1. The van der Waals surface area contributed by atoms with E-state index in [1.54, 1.807) is 0 Å². The molecular formula is C24H26N2O6. The number of nitrogens with one attached hydrogen (secondary N) is 1. The molecule has 8 heteroatoms. The third kappa shape index (κ3) is 3.82. The number of amides is 2. The normalized spacial score (nSPS) is 16.4. The molecule has 4 rings (SSSR count). The molecular weight excluding hydrogens is 412 g/mol. The minimum absolute atomic E-state index is 0.0942. The van der Waals surface area contributed by atoms with Gasteiger partial charge in [-0.2, -0.15) is 0 Å². The minimum atomic E-state index is -1.20. The molecule has 1 fully saturated rings. The van der Waals surface area contributed by atoms with Crippen molar-refractivity contribution in [2.45, 2.75) is 30.3 Å². The molecule has 0 heterocycles. The molecule has 2 amide bonds. The van der Waals surface area contributed by atoms with Crippen LogP contribution in [0, 0.1) is 0 Å². The largest absolute Gasteiger partial charge is 0.479 e. The van der Waals surface area contributed by atoms with Crippen LogP contribution in [0.25, 0.3) is 11.1 Å². The number of carboxylic acid groups (broad SMARTS) is 1. The van der Waals surface area contributed by atoms with Gasteiger partial charge in [0.05, 0.1) is 6.61 Å². The van der Waals surface area contributed by atoms with E-state index in [9.17, 15) is 19.5 Å². The number of methoxy groups -OCH3 is 1. The molecule has 2 aliphatic rings. The highest BCUT2D eigenvalue weighted by atomic mass is 16.5. The van der Waals surface area contributed by atoms with Crippen molar-refractivity contribution in [3.05, 3.63) is 59.7 Å². The van der Waals surface area contributed by atoms with Crippen molar-refractivity contribution in [1.82, 2.24) is 10.2 Å². The van der Waals surface area contributed by atoms with Gasteiger partial charge < -0.3 is 24.8 Å². The Labute approximate surface area is 186 Å². The number of rotatable bonds is 8. The van der Waals surface area contributed by atoms with Gasteiger partial charge in [0.1, 0.15) is 18.2 Å². The van der Waals surface area contributed by atoms with Gasteiger partial charge in [0.2, 0.25) is 5.91 Å². The van der Waals surface area contributed by atoms with Crippen molar-refractivity contribution >= 4 is 18.0 Å². The summed E-state index contributed by atoms with van der Waals surface area (Å²) < 4.78 is 10.6. The zero-order valence-electron chi connectivity index (χ0n) is 18.0. The van der Waals surface area contributed by atoms with E-state index in [0.717, 1.165) is 22.3 Å². The SMILES string of the molecule is COCC(NC(=O)OCC1c2ccccc2-c2ccccc21)C(=O)N(C)C1(C(=O)O)CC1. The molecule has 0 saturated heterocycles. The van der Waals surface area contributed by atoms with Gasteiger partial charge in [0, 0.05) is 20.1 Å². The van der Waals surface area contributed by atoms with Crippen molar-refractivity contribution in [1.29, 1.82) is 0 Å². The monoisotopic (exact) mass is 438 g/mol. The molecule has 2 aliphatic carbocycles. The quantitative estimate of drug-likeness (QED) is 0.657. The van der Waals surface area contributed by atoms with Gasteiger partial charge in [-0.1, -0.05) is 48.5 Å². The van der Waals surface area contributed by atoms with Gasteiger partial charge >= 0.3 is 12.1 Å². The number of benzene rings is 2. The smallest absolute Gasteiger partial charge is 0.407 e. The Hall–Kier alpha value is -3.39. The minimum Gasteiger partial charge on any atom is -0.479 e. The molecule has 0 bridgehead atoms. The number of carbonyl (C=O) groups is 3. The van der Waals surface area contributed by atoms with Crippen LogP contribution in [0.5, 0.6) is 0 Å². The lowest BCUT2D eigenvalue weighted by atomic mass is 9.98. The van der Waals surface area contributed by atoms with Crippen LogP contribution >= 0.6 is 0 Å². The summed E-state index contributed by atoms with van der Waals surface area (Å²) in [5.41, 5.74) is 3.21. The first kappa shape index (κ1) is 21.8. The summed E-state index contributed by atoms with van der Waals surface area (Å²) in [5, 5.41) is 12.0. The Morgan fingerprint density at radius 3 is 2.16 bits per heavy atom. The zero-order valence-corrected chi connectivity index (χ0v) is 18.0. The van der Waals surface area contributed by atoms with E-state index < -0.39 is 29.6 Å². The molecule has 2 aromatic carbocycles. The van der Waals surface area contributed by atoms with Crippen molar-refractivity contribution in [3.63, 3.8) is 0 Å². The summed E-state index contributed by atoms with van der Waals surface area (Å²) >= 11 is 0. The fraction of sp³-hybridized carbons (Fsp3) is 0.375. The van der Waals surface area contributed by atoms with E-state index in [-0.39, 0.29) is 19.1 Å². The number of ether oxygens (including phenoxy) is 2. The molecule has 2 N–H and O–H groups in total. The van der Waals surface area contributed by atoms with Gasteiger partial charge in [-0.15, -0.1) is 0 Å². The standard InChI is InChI=1S/C24H26N2O6/c1-26(24(11-12-24)22(28)29)21(27)20(14-31-2)25-23(30)32-13-19-17-9-5-3-7-15(17)16-8-4-6-10-18(16)19/h3-10,19-20H,11-14H2,1-2H3,(H,25,30)(H,28,29). The second-order valence-corrected chi connectivity index (χ2v) is 8.21. The molecule has 32 heavy (non-hydrogen) atoms. The van der Waals surface area contributed by atoms with E-state index in [2.05, 4.69) is 5.32 Å². The number of nitrogens with zero attached hydrogens (tertiary/aromatic N) is 1. The van der Waals surface area contributed by atoms with Gasteiger partial charge in [0.25, 0.3) is 0 Å². The lowest BCUT2D eigenvalue weighted by molar-refractivity contribution is -0.152. The Bertz CT molecular complexity index is 1000. The van der Waals surface area contributed by atoms with Crippen molar-refractivity contribution in [3.8, 4) is 11.1 Å². The average molecular weight is 438 g/mol. The molecule has 1 atom stereocenters. The first-order chi connectivity index (χ1) is 15.4. The van der Waals surface area contributed by atoms with E-state index >= 15 is 0 Å². The number of carbonyl (C=O) groups excluding carboxylic acids is 2. The van der Waals surface area contributed by atoms with Crippen molar-refractivity contribution in [2.24, 2.45) is 0 Å². The summed E-state index contributed by atoms with van der Waals surface area (Å²) in [7, 11) is 2.84. The molecule has 0 aromatic heterocycles. The maximum Gasteiger partial charge on any atom is 0.407 e. The van der Waals surface area contributed by atoms with Crippen LogP contribution in [0.15, 0.2) is 48.5 Å². The molecule has 1 unspecified atom stereocenters. The zero-order chi connectivity index (χ0) is 22.9. The predicted octanol–water partition coefficient (Wildman–Crippen LogP) is 2.62. The van der Waals surface area contributed by atoms with Gasteiger partial charge in [-0.25, -0.2) is 9.59 Å². The van der Waals surface area contributed by atoms with Crippen molar-refractivity contribution in [2.75, 3.05) is 27.4 Å². The molecule has 0 aliphatic heterocycles. The third-order valence-corrected chi connectivity index (χ3v) is 6.36. The van der Waals surface area contributed by atoms with Crippen LogP contribution in [0.1, 0.15) is 29.9 Å². The van der Waals surface area contributed by atoms with E-state index in [4.69, 9.17) is 9.47 Å². The first-order valence-electron chi connectivity index (χ1n) is 10.5. The number of alkyl carbamates (subject to hydrolysis) is 1. The lowest BCUT2D eigenvalue weighted by Crippen LogP contribution is -2.55. The second-order valence-electron chi connectivity index (χ2n) is 8.21. The summed E-state index contributed by atoms with van der Waals surface area (Å²) in [4.78, 5) is 38.1. The van der Waals surface area contributed by atoms with Crippen LogP contribution in [0.4, 0.5) is 4.79 Å². The number of aliphatic carboxylic acids is 1. The summed E-state index contributed by atoms with van der Waals surface area (Å²) in [5.74, 6) is -1.68. The lowest BCUT2D eigenvalue weighted by Gasteiger charge is -2.28. The van der Waals surface area contributed by atoms with E-state index in [0.29, 0.717) is 12.8 Å². The third-order valence-electron chi connectivity index (χ3n) is 6.36. The summed E-state index contributed by atoms with van der Waals surface area (Å²) in [6, 6.07) is 15.0. The van der Waals surface area contributed by atoms with E-state index in [1.807, 2.05) is 48.5 Å². The van der Waals surface area contributed by atoms with Crippen LogP contribution in [-0.4, -0.2) is 66.9 Å². The first-order valence-corrected chi connectivity index (χ1v) is 10.5. The number of hydrogen-bond acceptors (Lipinski definition) is 5. The van der Waals surface area contributed by atoms with Crippen LogP contribution in [-0.2, 0) is 19.1 Å². The predicted molar refractivity (Wildman–Crippen MR) is 116 cm³/mol. The van der Waals surface area contributed by atoms with Crippen molar-refractivity contribution < 1.29 is 29.0 Å². The highest BCUT2D eigenvalue weighted by Crippen LogP contribution is 2.44. The topological polar surface area (TPSA) is 105 Å². The highest BCUT2D eigenvalue weighted by Gasteiger charge is 2.56. The molecule has 0 radical (unpaired) electrons. The van der Waals surface area contributed by atoms with Crippen LogP contribution < -0.4 is 5.32 Å². The molecule has 2 aromatic rings. The Morgan fingerprint density at radius 1 is 1.09 bits per heavy atom. The summed E-state index contributed by atoms with van der Waals surface area (Å²) in [6.07, 6.45) is 0.0144. The Kier molecular flexibility index (Phi) is 5.88. The number of hydrogen-bond donors (Lipinski definition) is 2. The van der Waals surface area contributed by atoms with Crippen LogP contribution in [0.2, 0.25) is 0 Å². The molecule has 1 saturated carbocycles. The second kappa shape index (κ2) is 8.63. The Balaban J connectivity index is 1.43. The molecule has 0 spiro atoms. The summed E-state index contributed by atoms with van der Waals surface area (Å²) in [6.45, 7) is 0.0196. The van der Waals surface area contributed by atoms with Gasteiger partial charge in [0.15, 0.2) is 0 Å². The molecule has 8 nitrogen and oxygen atoms in total. The van der Waals surface area contributed by atoms with Gasteiger partial charge in [-0.05, 0) is 35.1 Å². The average Bonchev–Trinajstić information content (AvgIpc) is 3.55. The maximum absolute atomic E-state index is 12.9.